The second-order valence-electron chi connectivity index (χ2n) is 8.06. The van der Waals surface area contributed by atoms with Crippen LogP contribution in [0, 0.1) is 0 Å². The van der Waals surface area contributed by atoms with Crippen LogP contribution in [0.2, 0.25) is 0 Å². The van der Waals surface area contributed by atoms with Crippen LogP contribution < -0.4 is 4.90 Å². The molecule has 2 saturated carbocycles. The van der Waals surface area contributed by atoms with E-state index in [1.165, 1.54) is 25.7 Å². The molecule has 0 spiro atoms. The Balaban J connectivity index is 1.41. The third-order valence-electron chi connectivity index (χ3n) is 5.82. The minimum Gasteiger partial charge on any atom is -0.311 e. The topological polar surface area (TPSA) is 51.0 Å². The molecule has 0 saturated heterocycles. The summed E-state index contributed by atoms with van der Waals surface area (Å²) in [5.41, 5.74) is 0.977. The van der Waals surface area contributed by atoms with E-state index in [9.17, 15) is 4.79 Å². The summed E-state index contributed by atoms with van der Waals surface area (Å²) in [5.74, 6) is 1.83. The van der Waals surface area contributed by atoms with Gasteiger partial charge in [0.25, 0.3) is 0 Å². The van der Waals surface area contributed by atoms with Crippen molar-refractivity contribution in [3.8, 4) is 0 Å². The fourth-order valence-corrected chi connectivity index (χ4v) is 4.97. The van der Waals surface area contributed by atoms with Crippen LogP contribution in [0.15, 0.2) is 47.6 Å². The third-order valence-corrected chi connectivity index (χ3v) is 6.86. The molecule has 1 heterocycles. The molecule has 5 rings (SSSR count). The number of fused-ring (bicyclic) bond motifs is 1. The van der Waals surface area contributed by atoms with Gasteiger partial charge in [0, 0.05) is 23.9 Å². The first-order chi connectivity index (χ1) is 14.2. The molecule has 2 aromatic carbocycles. The number of anilines is 1. The maximum absolute atomic E-state index is 13.4. The molecule has 3 aromatic rings. The molecule has 1 unspecified atom stereocenters. The van der Waals surface area contributed by atoms with Crippen LogP contribution in [0.1, 0.15) is 57.3 Å². The monoisotopic (exact) mass is 406 g/mol. The lowest BCUT2D eigenvalue weighted by Gasteiger charge is -2.25. The first-order valence-electron chi connectivity index (χ1n) is 10.6. The van der Waals surface area contributed by atoms with Crippen LogP contribution in [0.3, 0.4) is 0 Å². The van der Waals surface area contributed by atoms with Crippen molar-refractivity contribution >= 4 is 34.1 Å². The Morgan fingerprint density at radius 3 is 2.62 bits per heavy atom. The third kappa shape index (κ3) is 3.54. The Hall–Kier alpha value is -2.34. The van der Waals surface area contributed by atoms with Gasteiger partial charge >= 0.3 is 0 Å². The van der Waals surface area contributed by atoms with E-state index >= 15 is 0 Å². The highest BCUT2D eigenvalue weighted by Gasteiger charge is 2.37. The second kappa shape index (κ2) is 7.48. The number of thioether (sulfide) groups is 1. The highest BCUT2D eigenvalue weighted by atomic mass is 32.2. The average Bonchev–Trinajstić information content (AvgIpc) is 3.67. The molecule has 1 amide bonds. The van der Waals surface area contributed by atoms with Gasteiger partial charge in [-0.15, -0.1) is 10.2 Å². The number of carbonyl (C=O) groups excluding carboxylic acids is 1. The number of nitrogens with zero attached hydrogens (tertiary/aromatic N) is 4. The zero-order valence-electron chi connectivity index (χ0n) is 16.9. The Morgan fingerprint density at radius 2 is 1.90 bits per heavy atom. The van der Waals surface area contributed by atoms with Gasteiger partial charge in [0.2, 0.25) is 5.91 Å². The van der Waals surface area contributed by atoms with Gasteiger partial charge in [-0.1, -0.05) is 48.2 Å². The predicted molar refractivity (Wildman–Crippen MR) is 118 cm³/mol. The van der Waals surface area contributed by atoms with Crippen LogP contribution in [-0.4, -0.2) is 32.5 Å². The van der Waals surface area contributed by atoms with Gasteiger partial charge in [0.05, 0.1) is 10.9 Å². The smallest absolute Gasteiger partial charge is 0.240 e. The van der Waals surface area contributed by atoms with Crippen molar-refractivity contribution in [2.75, 3.05) is 11.4 Å². The lowest BCUT2D eigenvalue weighted by molar-refractivity contribution is -0.117. The van der Waals surface area contributed by atoms with Gasteiger partial charge in [-0.05, 0) is 51.0 Å². The molecule has 150 valence electrons. The van der Waals surface area contributed by atoms with Crippen molar-refractivity contribution in [1.82, 2.24) is 14.8 Å². The molecule has 0 aliphatic heterocycles. The van der Waals surface area contributed by atoms with Gasteiger partial charge in [-0.25, -0.2) is 0 Å². The van der Waals surface area contributed by atoms with Crippen LogP contribution in [-0.2, 0) is 4.79 Å². The number of amides is 1. The summed E-state index contributed by atoms with van der Waals surface area (Å²) in [6.07, 6.45) is 4.83. The predicted octanol–water partition coefficient (Wildman–Crippen LogP) is 5.18. The molecule has 1 atom stereocenters. The second-order valence-corrected chi connectivity index (χ2v) is 9.37. The van der Waals surface area contributed by atoms with Crippen LogP contribution in [0.5, 0.6) is 0 Å². The quantitative estimate of drug-likeness (QED) is 0.508. The summed E-state index contributed by atoms with van der Waals surface area (Å²) in [6.45, 7) is 4.67. The van der Waals surface area contributed by atoms with E-state index in [1.807, 2.05) is 43.0 Å². The molecule has 6 heteroatoms. The fraction of sp³-hybridized carbons (Fsp3) is 0.435. The van der Waals surface area contributed by atoms with Gasteiger partial charge in [-0.3, -0.25) is 4.79 Å². The zero-order valence-corrected chi connectivity index (χ0v) is 17.7. The minimum absolute atomic E-state index is 0.118. The number of rotatable bonds is 7. The number of aromatic nitrogens is 3. The van der Waals surface area contributed by atoms with Gasteiger partial charge in [0.1, 0.15) is 5.82 Å². The molecule has 2 fully saturated rings. The van der Waals surface area contributed by atoms with Crippen LogP contribution >= 0.6 is 11.8 Å². The molecule has 0 N–H and O–H groups in total. The van der Waals surface area contributed by atoms with E-state index < -0.39 is 0 Å². The molecule has 2 aliphatic carbocycles. The van der Waals surface area contributed by atoms with Crippen molar-refractivity contribution in [2.24, 2.45) is 0 Å². The Morgan fingerprint density at radius 1 is 1.14 bits per heavy atom. The molecular formula is C23H26N4OS. The maximum Gasteiger partial charge on any atom is 0.240 e. The number of benzene rings is 2. The van der Waals surface area contributed by atoms with Crippen molar-refractivity contribution in [1.29, 1.82) is 0 Å². The summed E-state index contributed by atoms with van der Waals surface area (Å²) in [5, 5.41) is 11.9. The normalized spacial score (nSPS) is 17.4. The Kier molecular flexibility index (Phi) is 4.82. The Bertz CT molecular complexity index is 1050. The van der Waals surface area contributed by atoms with E-state index in [2.05, 4.69) is 33.0 Å². The summed E-state index contributed by atoms with van der Waals surface area (Å²) in [7, 11) is 0. The zero-order chi connectivity index (χ0) is 20.0. The fourth-order valence-electron chi connectivity index (χ4n) is 3.98. The summed E-state index contributed by atoms with van der Waals surface area (Å²) < 4.78 is 2.32. The van der Waals surface area contributed by atoms with E-state index in [0.717, 1.165) is 27.4 Å². The summed E-state index contributed by atoms with van der Waals surface area (Å²) in [4.78, 5) is 15.3. The van der Waals surface area contributed by atoms with Crippen molar-refractivity contribution in [3.63, 3.8) is 0 Å². The standard InChI is InChI=1S/C23H26N4OS/c1-3-26(20-10-6-8-16-7-4-5-9-19(16)20)22(28)15(2)29-23-25-24-21(17-11-12-17)27(23)18-13-14-18/h4-10,15,17-18H,3,11-14H2,1-2H3. The number of carbonyl (C=O) groups is 1. The van der Waals surface area contributed by atoms with Crippen LogP contribution in [0.4, 0.5) is 5.69 Å². The van der Waals surface area contributed by atoms with E-state index in [1.54, 1.807) is 11.8 Å². The molecule has 0 radical (unpaired) electrons. The Labute approximate surface area is 175 Å². The molecule has 29 heavy (non-hydrogen) atoms. The van der Waals surface area contributed by atoms with E-state index in [4.69, 9.17) is 0 Å². The van der Waals surface area contributed by atoms with Gasteiger partial charge < -0.3 is 9.47 Å². The maximum atomic E-state index is 13.4. The average molecular weight is 407 g/mol. The summed E-state index contributed by atoms with van der Waals surface area (Å²) >= 11 is 1.55. The largest absolute Gasteiger partial charge is 0.311 e. The van der Waals surface area contributed by atoms with Crippen LogP contribution in [0.25, 0.3) is 10.8 Å². The first kappa shape index (κ1) is 18.7. The van der Waals surface area contributed by atoms with Gasteiger partial charge in [-0.2, -0.15) is 0 Å². The lowest BCUT2D eigenvalue weighted by Crippen LogP contribution is -2.36. The SMILES string of the molecule is CCN(C(=O)C(C)Sc1nnc(C2CC2)n1C1CC1)c1cccc2ccccc12. The summed E-state index contributed by atoms with van der Waals surface area (Å²) in [6, 6.07) is 14.9. The molecule has 5 nitrogen and oxygen atoms in total. The van der Waals surface area contributed by atoms with Gasteiger partial charge in [0.15, 0.2) is 5.16 Å². The van der Waals surface area contributed by atoms with E-state index in [0.29, 0.717) is 18.5 Å². The highest BCUT2D eigenvalue weighted by molar-refractivity contribution is 8.00. The number of hydrogen-bond donors (Lipinski definition) is 0. The van der Waals surface area contributed by atoms with Crippen molar-refractivity contribution in [3.05, 3.63) is 48.3 Å². The van der Waals surface area contributed by atoms with E-state index in [-0.39, 0.29) is 11.2 Å². The highest BCUT2D eigenvalue weighted by Crippen LogP contribution is 2.46. The lowest BCUT2D eigenvalue weighted by atomic mass is 10.1. The minimum atomic E-state index is -0.220. The molecular weight excluding hydrogens is 380 g/mol. The van der Waals surface area contributed by atoms with Crippen molar-refractivity contribution in [2.45, 2.75) is 61.9 Å². The molecule has 2 aliphatic rings. The molecule has 1 aromatic heterocycles. The first-order valence-corrected chi connectivity index (χ1v) is 11.5. The van der Waals surface area contributed by atoms with Crippen molar-refractivity contribution < 1.29 is 4.79 Å². The molecule has 0 bridgehead atoms. The number of hydrogen-bond acceptors (Lipinski definition) is 4.